The predicted molar refractivity (Wildman–Crippen MR) is 287 cm³/mol. The van der Waals surface area contributed by atoms with Crippen molar-refractivity contribution in [2.24, 2.45) is 11.3 Å². The van der Waals surface area contributed by atoms with E-state index in [0.29, 0.717) is 62.6 Å². The van der Waals surface area contributed by atoms with Crippen LogP contribution in [0.5, 0.6) is 5.75 Å². The Kier molecular flexibility index (Phi) is 18.3. The summed E-state index contributed by atoms with van der Waals surface area (Å²) in [6.45, 7) is 20.9. The normalized spacial score (nSPS) is 16.5. The van der Waals surface area contributed by atoms with Crippen LogP contribution in [0.1, 0.15) is 104 Å². The van der Waals surface area contributed by atoms with Crippen molar-refractivity contribution in [3.8, 4) is 27.3 Å². The van der Waals surface area contributed by atoms with E-state index in [2.05, 4.69) is 43.8 Å². The number of aryl methyl sites for hydroxylation is 3. The largest absolute Gasteiger partial charge is 0.494 e. The Hall–Kier alpha value is -6.36. The zero-order valence-electron chi connectivity index (χ0n) is 43.9. The smallest absolute Gasteiger partial charge is 0.253 e. The number of hydrogen-bond donors (Lipinski definition) is 4. The number of carbonyl (C=O) groups excluding carboxylic acids is 4. The van der Waals surface area contributed by atoms with Gasteiger partial charge in [0.25, 0.3) is 11.5 Å². The summed E-state index contributed by atoms with van der Waals surface area (Å²) >= 11 is 1.59. The summed E-state index contributed by atoms with van der Waals surface area (Å²) in [6.07, 6.45) is 2.84. The highest BCUT2D eigenvalue weighted by atomic mass is 32.1. The number of nitrogens with zero attached hydrogens (tertiary/aromatic N) is 3. The van der Waals surface area contributed by atoms with Crippen molar-refractivity contribution < 1.29 is 33.4 Å². The maximum atomic E-state index is 14.2. The van der Waals surface area contributed by atoms with E-state index in [9.17, 15) is 24.0 Å². The summed E-state index contributed by atoms with van der Waals surface area (Å²) in [5.74, 6) is -0.398. The van der Waals surface area contributed by atoms with Crippen molar-refractivity contribution in [1.82, 2.24) is 30.8 Å². The van der Waals surface area contributed by atoms with E-state index >= 15 is 0 Å². The van der Waals surface area contributed by atoms with Gasteiger partial charge in [0.15, 0.2) is 0 Å². The first-order chi connectivity index (χ1) is 34.9. The number of ether oxygens (including phenoxy) is 3. The van der Waals surface area contributed by atoms with Crippen LogP contribution >= 0.6 is 11.3 Å². The molecule has 7 rings (SSSR count). The van der Waals surface area contributed by atoms with Crippen LogP contribution in [0.4, 0.5) is 5.69 Å². The molecule has 2 fully saturated rings. The minimum absolute atomic E-state index is 0.106. The molecule has 2 aliphatic rings. The topological polar surface area (TPSA) is 184 Å². The molecule has 3 atom stereocenters. The lowest BCUT2D eigenvalue weighted by Crippen LogP contribution is -2.58. The van der Waals surface area contributed by atoms with E-state index in [1.165, 1.54) is 0 Å². The lowest BCUT2D eigenvalue weighted by molar-refractivity contribution is -0.144. The minimum atomic E-state index is -0.869. The molecule has 2 saturated heterocycles. The van der Waals surface area contributed by atoms with Crippen molar-refractivity contribution >= 4 is 40.7 Å². The fourth-order valence-corrected chi connectivity index (χ4v) is 10.7. The van der Waals surface area contributed by atoms with Crippen LogP contribution < -0.4 is 31.1 Å². The van der Waals surface area contributed by atoms with E-state index in [1.54, 1.807) is 16.2 Å². The van der Waals surface area contributed by atoms with E-state index in [4.69, 9.17) is 14.2 Å². The van der Waals surface area contributed by atoms with Gasteiger partial charge in [0, 0.05) is 74.4 Å². The molecule has 2 aliphatic heterocycles. The third kappa shape index (κ3) is 13.8. The van der Waals surface area contributed by atoms with E-state index in [1.807, 2.05) is 122 Å². The molecule has 0 unspecified atom stereocenters. The summed E-state index contributed by atoms with van der Waals surface area (Å²) < 4.78 is 17.5. The molecule has 15 nitrogen and oxygen atoms in total. The highest BCUT2D eigenvalue weighted by molar-refractivity contribution is 7.13. The van der Waals surface area contributed by atoms with Gasteiger partial charge < -0.3 is 44.9 Å². The first-order valence-electron chi connectivity index (χ1n) is 25.6. The number of aromatic nitrogens is 2. The Morgan fingerprint density at radius 3 is 2.29 bits per heavy atom. The number of pyridine rings is 1. The summed E-state index contributed by atoms with van der Waals surface area (Å²) in [5, 5.41) is 8.98. The molecule has 16 heteroatoms. The number of H-pyrrole nitrogens is 1. The molecule has 0 aliphatic carbocycles. The van der Waals surface area contributed by atoms with E-state index in [0.717, 1.165) is 74.7 Å². The number of thiazole rings is 1. The Morgan fingerprint density at radius 1 is 0.918 bits per heavy atom. The number of aromatic amines is 1. The average Bonchev–Trinajstić information content (AvgIpc) is 3.99. The second-order valence-corrected chi connectivity index (χ2v) is 21.5. The maximum Gasteiger partial charge on any atom is 0.253 e. The second kappa shape index (κ2) is 24.6. The first kappa shape index (κ1) is 54.4. The summed E-state index contributed by atoms with van der Waals surface area (Å²) in [6, 6.07) is 20.5. The molecule has 390 valence electrons. The summed E-state index contributed by atoms with van der Waals surface area (Å²) in [7, 11) is 0. The minimum Gasteiger partial charge on any atom is -0.494 e. The van der Waals surface area contributed by atoms with Gasteiger partial charge in [-0.05, 0) is 129 Å². The van der Waals surface area contributed by atoms with Crippen LogP contribution in [0.25, 0.3) is 21.6 Å². The van der Waals surface area contributed by atoms with Crippen molar-refractivity contribution in [3.05, 3.63) is 122 Å². The molecule has 0 bridgehead atoms. The molecule has 4 amide bonds. The summed E-state index contributed by atoms with van der Waals surface area (Å²) in [4.78, 5) is 80.1. The van der Waals surface area contributed by atoms with Gasteiger partial charge in [-0.3, -0.25) is 24.0 Å². The van der Waals surface area contributed by atoms with Crippen molar-refractivity contribution in [2.75, 3.05) is 51.0 Å². The zero-order valence-corrected chi connectivity index (χ0v) is 44.8. The van der Waals surface area contributed by atoms with Crippen LogP contribution in [-0.4, -0.2) is 103 Å². The molecule has 5 aromatic rings. The molecule has 4 N–H and O–H groups in total. The first-order valence-corrected chi connectivity index (χ1v) is 26.4. The van der Waals surface area contributed by atoms with Crippen molar-refractivity contribution in [3.63, 3.8) is 0 Å². The van der Waals surface area contributed by atoms with Gasteiger partial charge in [-0.1, -0.05) is 64.1 Å². The standard InChI is InChI=1S/C57H73N7O8S/c1-10-63(44-20-24-70-25-21-44)48-29-43(28-46(38(48)5)53(66)59-31-47-36(3)27-37(4)61-54(47)67)41-16-18-45(19-17-41)72-23-11-22-71-33-50(65)62-52(57(7,8)9)56(69)64-32-35(2)26-49(64)55(68)58-30-40-12-14-42(15-13-40)51-39(6)60-34-73-51/h12-19,27-29,34-35,44,49,52H,10-11,20-26,30-33H2,1-9H3,(H,58,68)(H,59,66)(H,61,67)(H,62,65)/t35-,49+,52-/m1/s1. The quantitative estimate of drug-likeness (QED) is 0.0555. The lowest BCUT2D eigenvalue weighted by atomic mass is 9.85. The molecule has 4 heterocycles. The van der Waals surface area contributed by atoms with Crippen molar-refractivity contribution in [2.45, 2.75) is 119 Å². The number of hydrogen-bond acceptors (Lipinski definition) is 11. The Bertz CT molecular complexity index is 2780. The molecule has 2 aromatic heterocycles. The van der Waals surface area contributed by atoms with Gasteiger partial charge in [0.2, 0.25) is 17.7 Å². The Balaban J connectivity index is 0.909. The molecule has 0 spiro atoms. The number of anilines is 1. The summed E-state index contributed by atoms with van der Waals surface area (Å²) in [5.41, 5.74) is 10.3. The van der Waals surface area contributed by atoms with Crippen LogP contribution in [0, 0.1) is 39.0 Å². The highest BCUT2D eigenvalue weighted by Gasteiger charge is 2.44. The van der Waals surface area contributed by atoms with E-state index < -0.39 is 23.4 Å². The molecular weight excluding hydrogens is 943 g/mol. The van der Waals surface area contributed by atoms with Gasteiger partial charge in [0.05, 0.1) is 29.3 Å². The molecule has 73 heavy (non-hydrogen) atoms. The fourth-order valence-electron chi connectivity index (χ4n) is 9.86. The fraction of sp³-hybridized carbons (Fsp3) is 0.474. The molecule has 0 saturated carbocycles. The van der Waals surface area contributed by atoms with Gasteiger partial charge in [-0.25, -0.2) is 4.98 Å². The van der Waals surface area contributed by atoms with Gasteiger partial charge in [-0.15, -0.1) is 11.3 Å². The number of amides is 4. The lowest BCUT2D eigenvalue weighted by Gasteiger charge is -2.37. The average molecular weight is 1020 g/mol. The van der Waals surface area contributed by atoms with Gasteiger partial charge in [-0.2, -0.15) is 0 Å². The maximum absolute atomic E-state index is 14.2. The number of carbonyl (C=O) groups is 4. The van der Waals surface area contributed by atoms with Crippen LogP contribution in [0.15, 0.2) is 77.0 Å². The third-order valence-electron chi connectivity index (χ3n) is 13.9. The number of benzene rings is 3. The van der Waals surface area contributed by atoms with Gasteiger partial charge in [0.1, 0.15) is 24.4 Å². The van der Waals surface area contributed by atoms with Gasteiger partial charge >= 0.3 is 0 Å². The number of likely N-dealkylation sites (tertiary alicyclic amines) is 1. The molecule has 3 aromatic carbocycles. The molecular formula is C57H73N7O8S. The second-order valence-electron chi connectivity index (χ2n) is 20.6. The Morgan fingerprint density at radius 2 is 1.63 bits per heavy atom. The monoisotopic (exact) mass is 1020 g/mol. The predicted octanol–water partition coefficient (Wildman–Crippen LogP) is 8.20. The Labute approximate surface area is 433 Å². The van der Waals surface area contributed by atoms with E-state index in [-0.39, 0.29) is 55.0 Å². The van der Waals surface area contributed by atoms with Crippen molar-refractivity contribution in [1.29, 1.82) is 0 Å². The SMILES string of the molecule is CCN(c1cc(-c2ccc(OCCCOCC(=O)N[C@H](C(=O)N3C[C@H](C)C[C@H]3C(=O)NCc3ccc(-c4scnc4C)cc3)C(C)(C)C)cc2)cc(C(=O)NCc2c(C)cc(C)[nH]c2=O)c1C)C1CCOCC1. The third-order valence-corrected chi connectivity index (χ3v) is 14.9. The van der Waals surface area contributed by atoms with Crippen LogP contribution in [0.3, 0.4) is 0 Å². The number of rotatable bonds is 20. The van der Waals surface area contributed by atoms with Crippen LogP contribution in [0.2, 0.25) is 0 Å². The van der Waals surface area contributed by atoms with Crippen LogP contribution in [-0.2, 0) is 36.9 Å². The number of nitrogens with one attached hydrogen (secondary N) is 4. The molecule has 0 radical (unpaired) electrons. The highest BCUT2D eigenvalue weighted by Crippen LogP contribution is 2.35. The zero-order chi connectivity index (χ0) is 52.4.